The fourth-order valence-corrected chi connectivity index (χ4v) is 0.875. The predicted octanol–water partition coefficient (Wildman–Crippen LogP) is 0.353. The van der Waals surface area contributed by atoms with Crippen molar-refractivity contribution in [2.24, 2.45) is 5.50 Å². The van der Waals surface area contributed by atoms with Crippen molar-refractivity contribution in [2.75, 3.05) is 13.2 Å². The summed E-state index contributed by atoms with van der Waals surface area (Å²) in [5.74, 6) is 4.19. The van der Waals surface area contributed by atoms with Gasteiger partial charge in [-0.25, -0.2) is 10.1 Å². The van der Waals surface area contributed by atoms with Crippen LogP contribution in [0.4, 0.5) is 0 Å². The van der Waals surface area contributed by atoms with Crippen molar-refractivity contribution >= 4 is 7.75 Å². The molecule has 11 heavy (non-hydrogen) atoms. The molecule has 0 aliphatic rings. The van der Waals surface area contributed by atoms with Gasteiger partial charge in [-0.2, -0.15) is 0 Å². The normalized spacial score (nSPS) is 10.1. The van der Waals surface area contributed by atoms with Gasteiger partial charge in [0.15, 0.2) is 0 Å². The summed E-state index contributed by atoms with van der Waals surface area (Å²) in [7, 11) is -3.51. The van der Waals surface area contributed by atoms with Crippen LogP contribution in [0.1, 0.15) is 0 Å². The van der Waals surface area contributed by atoms with Gasteiger partial charge in [0.2, 0.25) is 0 Å². The number of hydrogen-bond donors (Lipinski definition) is 1. The Hall–Kier alpha value is -0.770. The molecule has 0 saturated heterocycles. The molecule has 0 atom stereocenters. The molecule has 0 amide bonds. The van der Waals surface area contributed by atoms with Crippen LogP contribution in [0.3, 0.4) is 0 Å². The van der Waals surface area contributed by atoms with Gasteiger partial charge in [-0.15, -0.1) is 12.8 Å². The topological polar surface area (TPSA) is 61.5 Å². The molecule has 0 aromatic rings. The van der Waals surface area contributed by atoms with Gasteiger partial charge < -0.3 is 0 Å². The van der Waals surface area contributed by atoms with Crippen molar-refractivity contribution in [2.45, 2.75) is 0 Å². The third-order valence-electron chi connectivity index (χ3n) is 0.656. The lowest BCUT2D eigenvalue weighted by atomic mass is 10.8. The molecule has 0 heterocycles. The summed E-state index contributed by atoms with van der Waals surface area (Å²) in [5.41, 5.74) is 5.01. The van der Waals surface area contributed by atoms with Crippen LogP contribution in [0, 0.1) is 24.7 Å². The molecule has 0 aromatic carbocycles. The SMILES string of the molecule is C#CCOP(N)(=O)OCC#C. The standard InChI is InChI=1S/C6H8NO3P/c1-3-5-9-11(7,8)10-6-4-2/h1-2H,5-6H2,(H2,7,8). The van der Waals surface area contributed by atoms with E-state index in [1.165, 1.54) is 0 Å². The Morgan fingerprint density at radius 3 is 1.91 bits per heavy atom. The van der Waals surface area contributed by atoms with Gasteiger partial charge in [0.05, 0.1) is 0 Å². The summed E-state index contributed by atoms with van der Waals surface area (Å²) in [4.78, 5) is 0. The highest BCUT2D eigenvalue weighted by Crippen LogP contribution is 2.38. The van der Waals surface area contributed by atoms with E-state index >= 15 is 0 Å². The largest absolute Gasteiger partial charge is 0.404 e. The van der Waals surface area contributed by atoms with Crippen LogP contribution in [-0.2, 0) is 13.6 Å². The lowest BCUT2D eigenvalue weighted by Gasteiger charge is -2.08. The molecule has 0 saturated carbocycles. The summed E-state index contributed by atoms with van der Waals surface area (Å²) < 4.78 is 19.8. The van der Waals surface area contributed by atoms with Gasteiger partial charge in [0.1, 0.15) is 13.2 Å². The molecule has 0 unspecified atom stereocenters. The molecular formula is C6H8NO3P. The molecule has 0 rings (SSSR count). The van der Waals surface area contributed by atoms with Crippen LogP contribution < -0.4 is 5.50 Å². The molecule has 0 aliphatic carbocycles. The van der Waals surface area contributed by atoms with E-state index in [4.69, 9.17) is 18.4 Å². The first-order valence-electron chi connectivity index (χ1n) is 2.67. The monoisotopic (exact) mass is 173 g/mol. The number of terminal acetylenes is 2. The Labute approximate surface area is 65.6 Å². The molecule has 0 bridgehead atoms. The molecule has 0 spiro atoms. The van der Waals surface area contributed by atoms with E-state index in [1.54, 1.807) is 0 Å². The van der Waals surface area contributed by atoms with Crippen LogP contribution >= 0.6 is 7.75 Å². The Morgan fingerprint density at radius 2 is 1.64 bits per heavy atom. The van der Waals surface area contributed by atoms with Gasteiger partial charge in [0.25, 0.3) is 0 Å². The summed E-state index contributed by atoms with van der Waals surface area (Å²) in [5, 5.41) is 0. The Balaban J connectivity index is 3.75. The van der Waals surface area contributed by atoms with Gasteiger partial charge in [-0.05, 0) is 0 Å². The fraction of sp³-hybridized carbons (Fsp3) is 0.333. The minimum absolute atomic E-state index is 0.154. The van der Waals surface area contributed by atoms with Crippen molar-refractivity contribution in [1.82, 2.24) is 0 Å². The van der Waals surface area contributed by atoms with Crippen LogP contribution in [0.25, 0.3) is 0 Å². The van der Waals surface area contributed by atoms with E-state index in [-0.39, 0.29) is 13.2 Å². The molecule has 60 valence electrons. The first-order valence-corrected chi connectivity index (χ1v) is 4.28. The third-order valence-corrected chi connectivity index (χ3v) is 1.63. The van der Waals surface area contributed by atoms with Crippen molar-refractivity contribution in [3.05, 3.63) is 0 Å². The molecule has 0 aliphatic heterocycles. The third kappa shape index (κ3) is 5.66. The van der Waals surface area contributed by atoms with E-state index in [0.29, 0.717) is 0 Å². The van der Waals surface area contributed by atoms with Crippen molar-refractivity contribution in [3.63, 3.8) is 0 Å². The van der Waals surface area contributed by atoms with Gasteiger partial charge in [0, 0.05) is 0 Å². The smallest absolute Gasteiger partial charge is 0.284 e. The zero-order chi connectivity index (χ0) is 8.74. The molecule has 0 aromatic heterocycles. The molecule has 4 nitrogen and oxygen atoms in total. The summed E-state index contributed by atoms with van der Waals surface area (Å²) in [6.07, 6.45) is 9.63. The second kappa shape index (κ2) is 4.96. The minimum Gasteiger partial charge on any atom is -0.284 e. The lowest BCUT2D eigenvalue weighted by Crippen LogP contribution is -2.04. The minimum atomic E-state index is -3.51. The van der Waals surface area contributed by atoms with E-state index in [1.807, 2.05) is 0 Å². The second-order valence-corrected chi connectivity index (χ2v) is 3.09. The van der Waals surface area contributed by atoms with Crippen molar-refractivity contribution in [1.29, 1.82) is 0 Å². The summed E-state index contributed by atoms with van der Waals surface area (Å²) >= 11 is 0. The number of nitrogens with two attached hydrogens (primary N) is 1. The highest BCUT2D eigenvalue weighted by Gasteiger charge is 2.15. The van der Waals surface area contributed by atoms with E-state index in [2.05, 4.69) is 20.9 Å². The van der Waals surface area contributed by atoms with Crippen LogP contribution in [0.2, 0.25) is 0 Å². The second-order valence-electron chi connectivity index (χ2n) is 1.49. The molecule has 2 N–H and O–H groups in total. The molecule has 0 fully saturated rings. The average Bonchev–Trinajstić information content (AvgIpc) is 1.97. The Morgan fingerprint density at radius 1 is 1.27 bits per heavy atom. The van der Waals surface area contributed by atoms with Crippen molar-refractivity contribution in [3.8, 4) is 24.7 Å². The maximum absolute atomic E-state index is 10.9. The fourth-order valence-electron chi connectivity index (χ4n) is 0.292. The van der Waals surface area contributed by atoms with Crippen LogP contribution in [0.5, 0.6) is 0 Å². The van der Waals surface area contributed by atoms with Gasteiger partial charge in [-0.3, -0.25) is 9.05 Å². The van der Waals surface area contributed by atoms with E-state index in [9.17, 15) is 4.57 Å². The van der Waals surface area contributed by atoms with Crippen molar-refractivity contribution < 1.29 is 13.6 Å². The zero-order valence-corrected chi connectivity index (χ0v) is 6.71. The zero-order valence-electron chi connectivity index (χ0n) is 5.82. The lowest BCUT2D eigenvalue weighted by molar-refractivity contribution is 0.243. The first kappa shape index (κ1) is 10.2. The highest BCUT2D eigenvalue weighted by molar-refractivity contribution is 7.51. The number of hydrogen-bond acceptors (Lipinski definition) is 3. The molecular weight excluding hydrogens is 165 g/mol. The average molecular weight is 173 g/mol. The van der Waals surface area contributed by atoms with Gasteiger partial charge >= 0.3 is 7.75 Å². The Bertz CT molecular complexity index is 215. The quantitative estimate of drug-likeness (QED) is 0.492. The first-order chi connectivity index (χ1) is 5.12. The van der Waals surface area contributed by atoms with Crippen LogP contribution in [0.15, 0.2) is 0 Å². The van der Waals surface area contributed by atoms with E-state index in [0.717, 1.165) is 0 Å². The summed E-state index contributed by atoms with van der Waals surface area (Å²) in [6.45, 7) is -0.309. The maximum Gasteiger partial charge on any atom is 0.404 e. The predicted molar refractivity (Wildman–Crippen MR) is 41.4 cm³/mol. The van der Waals surface area contributed by atoms with E-state index < -0.39 is 7.75 Å². The summed E-state index contributed by atoms with van der Waals surface area (Å²) in [6, 6.07) is 0. The molecule has 0 radical (unpaired) electrons. The Kier molecular flexibility index (Phi) is 4.61. The highest BCUT2D eigenvalue weighted by atomic mass is 31.2. The molecule has 5 heteroatoms. The van der Waals surface area contributed by atoms with Gasteiger partial charge in [-0.1, -0.05) is 11.8 Å². The van der Waals surface area contributed by atoms with Crippen LogP contribution in [-0.4, -0.2) is 13.2 Å². The number of rotatable bonds is 4. The maximum atomic E-state index is 10.9.